The van der Waals surface area contributed by atoms with Crippen LogP contribution in [-0.2, 0) is 34.6 Å². The summed E-state index contributed by atoms with van der Waals surface area (Å²) in [5.41, 5.74) is 3.66. The molecule has 6 atom stereocenters. The molecule has 0 aliphatic carbocycles. The van der Waals surface area contributed by atoms with Crippen LogP contribution in [0.1, 0.15) is 112 Å². The van der Waals surface area contributed by atoms with Crippen LogP contribution in [-0.4, -0.2) is 49.8 Å². The first-order valence-electron chi connectivity index (χ1n) is 16.9. The van der Waals surface area contributed by atoms with Crippen molar-refractivity contribution in [2.45, 2.75) is 95.3 Å². The van der Waals surface area contributed by atoms with Gasteiger partial charge in [0, 0.05) is 46.6 Å². The Morgan fingerprint density at radius 1 is 0.745 bits per heavy atom. The molecule has 0 bridgehead atoms. The predicted molar refractivity (Wildman–Crippen MR) is 230 cm³/mol. The molecule has 4 aromatic heterocycles. The molecule has 6 unspecified atom stereocenters. The molecule has 3 saturated heterocycles. The molecule has 55 heavy (non-hydrogen) atoms. The average Bonchev–Trinajstić information content (AvgIpc) is 3.90. The van der Waals surface area contributed by atoms with Gasteiger partial charge in [-0.3, -0.25) is 4.78 Å². The molecule has 0 spiro atoms. The minimum absolute atomic E-state index is 0. The normalized spacial score (nSPS) is 26.8. The quantitative estimate of drug-likeness (QED) is 0.156. The van der Waals surface area contributed by atoms with Crippen molar-refractivity contribution < 1.29 is 12.6 Å². The van der Waals surface area contributed by atoms with Crippen LogP contribution in [0, 0.1) is 16.2 Å². The third-order valence-corrected chi connectivity index (χ3v) is 18.4. The molecule has 0 aromatic carbocycles. The fourth-order valence-corrected chi connectivity index (χ4v) is 14.8. The van der Waals surface area contributed by atoms with Crippen molar-refractivity contribution in [1.82, 2.24) is 19.9 Å². The molecule has 18 heteroatoms. The van der Waals surface area contributed by atoms with Crippen molar-refractivity contribution in [3.05, 3.63) is 98.2 Å². The summed E-state index contributed by atoms with van der Waals surface area (Å²) in [6.07, 6.45) is 11.7. The highest BCUT2D eigenvalue weighted by atomic mass is 35.5. The number of halogens is 3. The van der Waals surface area contributed by atoms with Gasteiger partial charge >= 0.3 is 0 Å². The number of nitrogens with one attached hydrogen (secondary N) is 1. The van der Waals surface area contributed by atoms with Gasteiger partial charge in [-0.2, -0.15) is 9.62 Å². The summed E-state index contributed by atoms with van der Waals surface area (Å²) in [4.78, 5) is 16.6. The Balaban J connectivity index is 0.000000226. The van der Waals surface area contributed by atoms with E-state index in [0.717, 1.165) is 60.9 Å². The maximum atomic E-state index is 13.4. The first kappa shape index (κ1) is 46.7. The van der Waals surface area contributed by atoms with Gasteiger partial charge in [0.1, 0.15) is 15.5 Å². The molecule has 0 radical (unpaired) electrons. The Morgan fingerprint density at radius 2 is 1.18 bits per heavy atom. The summed E-state index contributed by atoms with van der Waals surface area (Å²) < 4.78 is 53.4. The van der Waals surface area contributed by atoms with Crippen LogP contribution in [0.2, 0.25) is 15.5 Å². The van der Waals surface area contributed by atoms with Crippen LogP contribution >= 0.6 is 46.1 Å². The summed E-state index contributed by atoms with van der Waals surface area (Å²) >= 11 is 18.7. The lowest BCUT2D eigenvalue weighted by Crippen LogP contribution is -2.11. The number of rotatable bonds is 4. The van der Waals surface area contributed by atoms with E-state index in [2.05, 4.69) is 49.4 Å². The fraction of sp³-hybridized carbons (Fsp3) is 0.486. The zero-order chi connectivity index (χ0) is 38.4. The van der Waals surface area contributed by atoms with Crippen molar-refractivity contribution >= 4 is 80.5 Å². The number of nitrogens with zero attached hydrogens (tertiary/aromatic N) is 7. The molecule has 3 fully saturated rings. The summed E-state index contributed by atoms with van der Waals surface area (Å²) in [5.74, 6) is 1.62. The van der Waals surface area contributed by atoms with E-state index in [4.69, 9.17) is 44.8 Å². The highest BCUT2D eigenvalue weighted by Gasteiger charge is 2.33. The van der Waals surface area contributed by atoms with Crippen LogP contribution in [0.3, 0.4) is 0 Å². The molecule has 300 valence electrons. The smallest absolute Gasteiger partial charge is 0.217 e. The standard InChI is InChI=1S/C16H20ClN3OS2.C10H10ClN3OS.C9H11ClN2OS.2CH4/c1-16(2,3)13-10-22-15(19-13)20-23(21)8-4-5-12(23)11-6-7-14(17)18-9-11;11-10-4-3-8(6-13-10)9-2-1-5-16(9,15)14-7-12;10-9-4-3-7(6-12-9)8-2-1-5-14(8,11)13;;/h6-7,9-10,12H,4-5,8H2,1-3H3;3-4,6,9H,1-2,5H2;3-4,6,8,11H,1-2,5H2;2*1H4. The van der Waals surface area contributed by atoms with E-state index >= 15 is 0 Å². The lowest BCUT2D eigenvalue weighted by atomic mass is 9.93. The van der Waals surface area contributed by atoms with Crippen LogP contribution in [0.5, 0.6) is 0 Å². The monoisotopic (exact) mass is 886 g/mol. The minimum Gasteiger partial charge on any atom is -0.252 e. The second kappa shape index (κ2) is 19.6. The minimum atomic E-state index is -2.44. The second-order valence-corrected chi connectivity index (χ2v) is 23.4. The van der Waals surface area contributed by atoms with Crippen LogP contribution in [0.15, 0.2) is 69.1 Å². The maximum Gasteiger partial charge on any atom is 0.217 e. The van der Waals surface area contributed by atoms with E-state index in [1.807, 2.05) is 17.5 Å². The van der Waals surface area contributed by atoms with Crippen molar-refractivity contribution in [3.8, 4) is 6.19 Å². The van der Waals surface area contributed by atoms with Crippen molar-refractivity contribution in [1.29, 1.82) is 10.0 Å². The van der Waals surface area contributed by atoms with E-state index < -0.39 is 29.2 Å². The Morgan fingerprint density at radius 3 is 1.58 bits per heavy atom. The molecule has 7 rings (SSSR count). The van der Waals surface area contributed by atoms with Gasteiger partial charge in [0.05, 0.1) is 50.6 Å². The van der Waals surface area contributed by atoms with E-state index in [-0.39, 0.29) is 36.0 Å². The van der Waals surface area contributed by atoms with Gasteiger partial charge in [0.2, 0.25) is 11.3 Å². The van der Waals surface area contributed by atoms with Crippen molar-refractivity contribution in [3.63, 3.8) is 0 Å². The number of hydrogen-bond acceptors (Lipinski definition) is 12. The zero-order valence-corrected chi connectivity index (χ0v) is 35.0. The summed E-state index contributed by atoms with van der Waals surface area (Å²) in [6.45, 7) is 6.34. The second-order valence-electron chi connectivity index (χ2n) is 13.9. The highest BCUT2D eigenvalue weighted by Crippen LogP contribution is 2.40. The molecule has 7 heterocycles. The highest BCUT2D eigenvalue weighted by molar-refractivity contribution is 7.94. The van der Waals surface area contributed by atoms with Gasteiger partial charge in [0.15, 0.2) is 0 Å². The third kappa shape index (κ3) is 11.9. The number of thiazole rings is 1. The van der Waals surface area contributed by atoms with Crippen molar-refractivity contribution in [2.75, 3.05) is 17.3 Å². The van der Waals surface area contributed by atoms with Crippen LogP contribution in [0.4, 0.5) is 5.13 Å². The summed E-state index contributed by atoms with van der Waals surface area (Å²) in [6, 6.07) is 10.6. The van der Waals surface area contributed by atoms with Crippen LogP contribution in [0.25, 0.3) is 0 Å². The molecular weight excluding hydrogens is 839 g/mol. The average molecular weight is 888 g/mol. The lowest BCUT2D eigenvalue weighted by molar-refractivity contribution is 0.573. The predicted octanol–water partition coefficient (Wildman–Crippen LogP) is 11.5. The number of pyridine rings is 3. The maximum absolute atomic E-state index is 13.4. The lowest BCUT2D eigenvalue weighted by Gasteiger charge is -2.14. The molecule has 0 saturated carbocycles. The molecule has 3 aliphatic rings. The number of aromatic nitrogens is 4. The topological polar surface area (TPSA) is 175 Å². The van der Waals surface area contributed by atoms with Crippen molar-refractivity contribution in [2.24, 2.45) is 8.73 Å². The van der Waals surface area contributed by atoms with E-state index in [1.54, 1.807) is 49.0 Å². The van der Waals surface area contributed by atoms with Gasteiger partial charge < -0.3 is 0 Å². The molecule has 0 amide bonds. The van der Waals surface area contributed by atoms with Gasteiger partial charge in [-0.05, 0) is 73.4 Å². The summed E-state index contributed by atoms with van der Waals surface area (Å²) in [5, 5.41) is 12.1. The molecule has 11 nitrogen and oxygen atoms in total. The molecule has 3 aliphatic heterocycles. The SMILES string of the molecule is C.C.CC(C)(C)c1csc(N=S2(=O)CCCC2c2ccc(Cl)nc2)n1.N#CN=S1(=O)CCCC1c1ccc(Cl)nc1.N=S1(=O)CCCC1c1ccc(Cl)nc1. The largest absolute Gasteiger partial charge is 0.252 e. The van der Waals surface area contributed by atoms with Gasteiger partial charge in [-0.1, -0.05) is 88.6 Å². The van der Waals surface area contributed by atoms with E-state index in [9.17, 15) is 12.6 Å². The third-order valence-electron chi connectivity index (χ3n) is 9.12. The van der Waals surface area contributed by atoms with Gasteiger partial charge in [-0.25, -0.2) is 32.6 Å². The Kier molecular flexibility index (Phi) is 16.7. The molecule has 4 aromatic rings. The fourth-order valence-electron chi connectivity index (χ4n) is 6.37. The van der Waals surface area contributed by atoms with Gasteiger partial charge in [-0.15, -0.1) is 15.7 Å². The zero-order valence-electron chi connectivity index (χ0n) is 29.5. The van der Waals surface area contributed by atoms with E-state index in [1.165, 1.54) is 11.3 Å². The molecule has 1 N–H and O–H groups in total. The van der Waals surface area contributed by atoms with Gasteiger partial charge in [0.25, 0.3) is 0 Å². The van der Waals surface area contributed by atoms with Crippen LogP contribution < -0.4 is 0 Å². The van der Waals surface area contributed by atoms with E-state index in [0.29, 0.717) is 37.8 Å². The Bertz CT molecular complexity index is 2290. The Hall–Kier alpha value is -2.71. The summed E-state index contributed by atoms with van der Waals surface area (Å²) in [7, 11) is -7.22. The first-order chi connectivity index (χ1) is 25.0. The molecular formula is C37H49Cl3N8O3S4. The number of hydrogen-bond donors (Lipinski definition) is 1. The number of nitriles is 1. The first-order valence-corrected chi connectivity index (χ1v) is 24.2. The Labute approximate surface area is 346 Å².